The highest BCUT2D eigenvalue weighted by atomic mass is 35.5. The van der Waals surface area contributed by atoms with Gasteiger partial charge in [0.05, 0.1) is 24.0 Å². The van der Waals surface area contributed by atoms with Gasteiger partial charge in [0.25, 0.3) is 11.5 Å². The molecule has 2 aromatic carbocycles. The lowest BCUT2D eigenvalue weighted by atomic mass is 10.1. The third-order valence-electron chi connectivity index (χ3n) is 5.37. The number of likely N-dealkylation sites (tertiary alicyclic amines) is 1. The van der Waals surface area contributed by atoms with Crippen LogP contribution in [0.25, 0.3) is 27.8 Å². The number of rotatable bonds is 3. The van der Waals surface area contributed by atoms with Crippen molar-refractivity contribution >= 4 is 28.4 Å². The minimum Gasteiger partial charge on any atom is -0.336 e. The Balaban J connectivity index is 1.42. The standard InChI is InChI=1S/C22H17ClFN5O2/c23-15-3-6-19-14(9-15)10-18(21(30)25-19)20-12-29(27-26-20)17-4-1-13(2-5-17)22(31)28-8-7-16(24)11-28/h1-6,9-10,12,16H,7-8,11H2,(H,25,30)/t16-/m0/s1. The molecule has 0 saturated carbocycles. The first-order chi connectivity index (χ1) is 15.0. The fourth-order valence-electron chi connectivity index (χ4n) is 3.72. The smallest absolute Gasteiger partial charge is 0.258 e. The Morgan fingerprint density at radius 3 is 2.71 bits per heavy atom. The number of nitrogens with zero attached hydrogens (tertiary/aromatic N) is 4. The maximum absolute atomic E-state index is 13.4. The predicted molar refractivity (Wildman–Crippen MR) is 115 cm³/mol. The maximum Gasteiger partial charge on any atom is 0.258 e. The van der Waals surface area contributed by atoms with Crippen LogP contribution in [-0.4, -0.2) is 50.0 Å². The quantitative estimate of drug-likeness (QED) is 0.530. The number of nitrogens with one attached hydrogen (secondary N) is 1. The largest absolute Gasteiger partial charge is 0.336 e. The molecule has 1 atom stereocenters. The summed E-state index contributed by atoms with van der Waals surface area (Å²) in [6, 6.07) is 13.8. The van der Waals surface area contributed by atoms with Gasteiger partial charge in [-0.2, -0.15) is 0 Å². The van der Waals surface area contributed by atoms with E-state index in [-0.39, 0.29) is 18.0 Å². The van der Waals surface area contributed by atoms with Crippen molar-refractivity contribution in [1.82, 2.24) is 24.9 Å². The average molecular weight is 438 g/mol. The lowest BCUT2D eigenvalue weighted by Crippen LogP contribution is -2.28. The first kappa shape index (κ1) is 19.4. The number of carbonyl (C=O) groups excluding carboxylic acids is 1. The molecule has 2 aromatic heterocycles. The zero-order valence-electron chi connectivity index (χ0n) is 16.3. The van der Waals surface area contributed by atoms with Crippen LogP contribution in [0.2, 0.25) is 5.02 Å². The molecule has 1 fully saturated rings. The maximum atomic E-state index is 13.4. The summed E-state index contributed by atoms with van der Waals surface area (Å²) in [5.41, 5.74) is 2.36. The van der Waals surface area contributed by atoms with E-state index in [2.05, 4.69) is 15.3 Å². The van der Waals surface area contributed by atoms with Crippen molar-refractivity contribution in [3.05, 3.63) is 75.7 Å². The molecule has 0 radical (unpaired) electrons. The Kier molecular flexibility index (Phi) is 4.78. The number of aromatic nitrogens is 4. The Hall–Kier alpha value is -3.52. The van der Waals surface area contributed by atoms with Crippen LogP contribution < -0.4 is 5.56 Å². The number of carbonyl (C=O) groups is 1. The topological polar surface area (TPSA) is 83.9 Å². The number of fused-ring (bicyclic) bond motifs is 1. The summed E-state index contributed by atoms with van der Waals surface area (Å²) >= 11 is 6.05. The van der Waals surface area contributed by atoms with Crippen LogP contribution in [-0.2, 0) is 0 Å². The summed E-state index contributed by atoms with van der Waals surface area (Å²) in [4.78, 5) is 29.3. The average Bonchev–Trinajstić information content (AvgIpc) is 3.43. The van der Waals surface area contributed by atoms with Gasteiger partial charge in [0.2, 0.25) is 0 Å². The van der Waals surface area contributed by atoms with Crippen LogP contribution in [0.15, 0.2) is 59.5 Å². The molecule has 0 aliphatic carbocycles. The molecule has 1 aliphatic rings. The summed E-state index contributed by atoms with van der Waals surface area (Å²) in [6.45, 7) is 0.568. The summed E-state index contributed by atoms with van der Waals surface area (Å²) in [5, 5.41) is 9.59. The first-order valence-corrected chi connectivity index (χ1v) is 10.1. The normalized spacial score (nSPS) is 16.2. The third-order valence-corrected chi connectivity index (χ3v) is 5.61. The number of hydrogen-bond donors (Lipinski definition) is 1. The molecule has 31 heavy (non-hydrogen) atoms. The second-order valence-corrected chi connectivity index (χ2v) is 7.91. The Morgan fingerprint density at radius 1 is 1.16 bits per heavy atom. The van der Waals surface area contributed by atoms with Crippen molar-refractivity contribution in [2.75, 3.05) is 13.1 Å². The van der Waals surface area contributed by atoms with Gasteiger partial charge in [0.1, 0.15) is 11.9 Å². The van der Waals surface area contributed by atoms with Gasteiger partial charge in [-0.15, -0.1) is 5.10 Å². The van der Waals surface area contributed by atoms with Crippen molar-refractivity contribution in [3.63, 3.8) is 0 Å². The van der Waals surface area contributed by atoms with Crippen molar-refractivity contribution in [2.45, 2.75) is 12.6 Å². The van der Waals surface area contributed by atoms with E-state index in [1.165, 1.54) is 9.58 Å². The minimum atomic E-state index is -0.953. The third kappa shape index (κ3) is 3.70. The fourth-order valence-corrected chi connectivity index (χ4v) is 3.90. The van der Waals surface area contributed by atoms with Gasteiger partial charge < -0.3 is 9.88 Å². The molecule has 9 heteroatoms. The highest BCUT2D eigenvalue weighted by Crippen LogP contribution is 2.22. The Bertz CT molecular complexity index is 1350. The zero-order chi connectivity index (χ0) is 21.5. The van der Waals surface area contributed by atoms with Crippen LogP contribution in [0.3, 0.4) is 0 Å². The SMILES string of the molecule is O=C(c1ccc(-n2cc(-c3cc4cc(Cl)ccc4[nH]c3=O)nn2)cc1)N1CC[C@H](F)C1. The molecule has 0 unspecified atom stereocenters. The van der Waals surface area contributed by atoms with Gasteiger partial charge in [-0.25, -0.2) is 9.07 Å². The monoisotopic (exact) mass is 437 g/mol. The number of pyridine rings is 1. The van der Waals surface area contributed by atoms with Crippen molar-refractivity contribution in [2.24, 2.45) is 0 Å². The number of benzene rings is 2. The zero-order valence-corrected chi connectivity index (χ0v) is 17.0. The number of halogens is 2. The molecule has 4 aromatic rings. The van der Waals surface area contributed by atoms with E-state index in [0.717, 1.165) is 5.39 Å². The number of amides is 1. The van der Waals surface area contributed by atoms with Crippen LogP contribution in [0.1, 0.15) is 16.8 Å². The van der Waals surface area contributed by atoms with Crippen molar-refractivity contribution in [3.8, 4) is 16.9 Å². The summed E-state index contributed by atoms with van der Waals surface area (Å²) < 4.78 is 14.9. The van der Waals surface area contributed by atoms with Crippen molar-refractivity contribution < 1.29 is 9.18 Å². The molecular weight excluding hydrogens is 421 g/mol. The van der Waals surface area contributed by atoms with Gasteiger partial charge in [-0.05, 0) is 55.0 Å². The molecule has 0 spiro atoms. The summed E-state index contributed by atoms with van der Waals surface area (Å²) in [6.07, 6.45) is 1.07. The Labute approximate surface area is 181 Å². The van der Waals surface area contributed by atoms with Crippen LogP contribution >= 0.6 is 11.6 Å². The second kappa shape index (κ2) is 7.63. The predicted octanol–water partition coefficient (Wildman–Crippen LogP) is 3.61. The molecule has 7 nitrogen and oxygen atoms in total. The van der Waals surface area contributed by atoms with Crippen LogP contribution in [0.4, 0.5) is 4.39 Å². The van der Waals surface area contributed by atoms with Gasteiger partial charge >= 0.3 is 0 Å². The second-order valence-electron chi connectivity index (χ2n) is 7.48. The lowest BCUT2D eigenvalue weighted by Gasteiger charge is -2.15. The highest BCUT2D eigenvalue weighted by Gasteiger charge is 2.26. The Morgan fingerprint density at radius 2 is 1.97 bits per heavy atom. The molecule has 156 valence electrons. The van der Waals surface area contributed by atoms with Gasteiger partial charge in [0.15, 0.2) is 0 Å². The summed E-state index contributed by atoms with van der Waals surface area (Å²) in [5.74, 6) is -0.188. The van der Waals surface area contributed by atoms with Gasteiger partial charge in [-0.3, -0.25) is 9.59 Å². The number of H-pyrrole nitrogens is 1. The first-order valence-electron chi connectivity index (χ1n) is 9.77. The number of hydrogen-bond acceptors (Lipinski definition) is 4. The van der Waals surface area contributed by atoms with Gasteiger partial charge in [-0.1, -0.05) is 16.8 Å². The number of alkyl halides is 1. The highest BCUT2D eigenvalue weighted by molar-refractivity contribution is 6.31. The molecular formula is C22H17ClFN5O2. The van der Waals surface area contributed by atoms with Crippen LogP contribution in [0, 0.1) is 0 Å². The van der Waals surface area contributed by atoms with E-state index in [1.54, 1.807) is 54.7 Å². The molecule has 3 heterocycles. The molecule has 1 amide bonds. The molecule has 1 aliphatic heterocycles. The van der Waals surface area contributed by atoms with Crippen molar-refractivity contribution in [1.29, 1.82) is 0 Å². The fraction of sp³-hybridized carbons (Fsp3) is 0.182. The molecule has 1 N–H and O–H groups in total. The lowest BCUT2D eigenvalue weighted by molar-refractivity contribution is 0.0783. The molecule has 1 saturated heterocycles. The molecule has 5 rings (SSSR count). The van der Waals surface area contributed by atoms with E-state index in [0.29, 0.717) is 46.0 Å². The van der Waals surface area contributed by atoms with E-state index in [4.69, 9.17) is 11.6 Å². The minimum absolute atomic E-state index is 0.137. The van der Waals surface area contributed by atoms with E-state index < -0.39 is 6.17 Å². The van der Waals surface area contributed by atoms with E-state index in [1.807, 2.05) is 0 Å². The summed E-state index contributed by atoms with van der Waals surface area (Å²) in [7, 11) is 0. The van der Waals surface area contributed by atoms with Crippen LogP contribution in [0.5, 0.6) is 0 Å². The van der Waals surface area contributed by atoms with Gasteiger partial charge in [0, 0.05) is 28.0 Å². The number of aromatic amines is 1. The van der Waals surface area contributed by atoms with E-state index in [9.17, 15) is 14.0 Å². The molecule has 0 bridgehead atoms. The van der Waals surface area contributed by atoms with E-state index >= 15 is 0 Å².